The van der Waals surface area contributed by atoms with Gasteiger partial charge in [-0.3, -0.25) is 10.2 Å². The molecule has 4 N–H and O–H groups in total. The van der Waals surface area contributed by atoms with Crippen LogP contribution in [0.5, 0.6) is 0 Å². The Bertz CT molecular complexity index is 1350. The number of aromatic nitrogens is 4. The van der Waals surface area contributed by atoms with Crippen LogP contribution in [0.4, 0.5) is 5.69 Å². The fourth-order valence-corrected chi connectivity index (χ4v) is 4.04. The molecule has 0 radical (unpaired) electrons. The molecule has 1 aromatic carbocycles. The number of nitrogens with two attached hydrogens (primary N) is 1. The van der Waals surface area contributed by atoms with Crippen molar-refractivity contribution in [3.63, 3.8) is 0 Å². The van der Waals surface area contributed by atoms with Gasteiger partial charge in [-0.25, -0.2) is 4.98 Å². The molecule has 9 heteroatoms. The molecule has 0 bridgehead atoms. The topological polar surface area (TPSA) is 96.5 Å². The highest BCUT2D eigenvalue weighted by Crippen LogP contribution is 2.41. The van der Waals surface area contributed by atoms with Crippen molar-refractivity contribution in [3.05, 3.63) is 57.6 Å². The Hall–Kier alpha value is -2.94. The summed E-state index contributed by atoms with van der Waals surface area (Å²) in [5.41, 5.74) is 10.0. The molecule has 0 spiro atoms. The first kappa shape index (κ1) is 17.2. The first-order valence-electron chi connectivity index (χ1n) is 8.28. The summed E-state index contributed by atoms with van der Waals surface area (Å²) in [6.45, 7) is 0. The molecule has 0 aliphatic rings. The lowest BCUT2D eigenvalue weighted by molar-refractivity contribution is 0.614. The van der Waals surface area contributed by atoms with E-state index >= 15 is 0 Å². The fourth-order valence-electron chi connectivity index (χ4n) is 3.08. The SMILES string of the molecule is Nc1c(-c2nc(=S)[nH][nH]2)oc2nc(-c3cccs3)cc(-c3ccc(Cl)cc3)c12. The Kier molecular flexibility index (Phi) is 4.04. The van der Waals surface area contributed by atoms with Crippen LogP contribution >= 0.6 is 35.2 Å². The maximum absolute atomic E-state index is 6.45. The van der Waals surface area contributed by atoms with Crippen molar-refractivity contribution in [1.82, 2.24) is 20.2 Å². The zero-order valence-electron chi connectivity index (χ0n) is 14.2. The van der Waals surface area contributed by atoms with Gasteiger partial charge in [-0.2, -0.15) is 4.98 Å². The number of nitrogens with zero attached hydrogens (tertiary/aromatic N) is 2. The van der Waals surface area contributed by atoms with E-state index in [1.165, 1.54) is 0 Å². The number of rotatable bonds is 3. The maximum atomic E-state index is 6.45. The van der Waals surface area contributed by atoms with Crippen LogP contribution < -0.4 is 5.73 Å². The molecule has 0 aliphatic carbocycles. The number of thiophene rings is 1. The molecular weight excluding hydrogens is 414 g/mol. The molecule has 28 heavy (non-hydrogen) atoms. The molecule has 0 amide bonds. The van der Waals surface area contributed by atoms with Crippen LogP contribution in [-0.4, -0.2) is 20.2 Å². The molecule has 5 aromatic rings. The lowest BCUT2D eigenvalue weighted by Gasteiger charge is -2.07. The van der Waals surface area contributed by atoms with Crippen LogP contribution in [0.3, 0.4) is 0 Å². The minimum absolute atomic E-state index is 0.319. The molecule has 0 saturated carbocycles. The minimum Gasteiger partial charge on any atom is -0.432 e. The number of fused-ring (bicyclic) bond motifs is 1. The van der Waals surface area contributed by atoms with E-state index in [0.29, 0.717) is 32.8 Å². The number of furan rings is 1. The number of anilines is 1. The van der Waals surface area contributed by atoms with Crippen LogP contribution in [0.15, 0.2) is 52.3 Å². The molecular formula is C19H12ClN5OS2. The smallest absolute Gasteiger partial charge is 0.230 e. The zero-order valence-corrected chi connectivity index (χ0v) is 16.6. The standard InChI is InChI=1S/C19H12ClN5OS2/c20-10-5-3-9(4-6-10)11-8-12(13-2-1-7-28-13)22-18-14(11)15(21)16(26-18)17-23-19(27)25-24-17/h1-8H,21H2,(H2,23,24,25,27). The van der Waals surface area contributed by atoms with Gasteiger partial charge < -0.3 is 10.2 Å². The van der Waals surface area contributed by atoms with E-state index in [2.05, 4.69) is 15.2 Å². The summed E-state index contributed by atoms with van der Waals surface area (Å²) in [4.78, 5) is 9.94. The average molecular weight is 426 g/mol. The predicted octanol–water partition coefficient (Wildman–Crippen LogP) is 5.91. The summed E-state index contributed by atoms with van der Waals surface area (Å²) in [6, 6.07) is 13.6. The van der Waals surface area contributed by atoms with Crippen molar-refractivity contribution in [2.75, 3.05) is 5.73 Å². The van der Waals surface area contributed by atoms with E-state index < -0.39 is 0 Å². The molecule has 0 atom stereocenters. The largest absolute Gasteiger partial charge is 0.432 e. The van der Waals surface area contributed by atoms with E-state index in [4.69, 9.17) is 39.0 Å². The third-order valence-corrected chi connectivity index (χ3v) is 5.68. The van der Waals surface area contributed by atoms with E-state index in [1.54, 1.807) is 11.3 Å². The fraction of sp³-hybridized carbons (Fsp3) is 0. The number of pyridine rings is 1. The van der Waals surface area contributed by atoms with Crippen molar-refractivity contribution < 1.29 is 4.42 Å². The molecule has 0 fully saturated rings. The Morgan fingerprint density at radius 3 is 2.61 bits per heavy atom. The third kappa shape index (κ3) is 2.82. The van der Waals surface area contributed by atoms with Gasteiger partial charge in [0.15, 0.2) is 11.6 Å². The van der Waals surface area contributed by atoms with Gasteiger partial charge in [-0.05, 0) is 53.0 Å². The van der Waals surface area contributed by atoms with Crippen LogP contribution in [0, 0.1) is 4.77 Å². The second-order valence-electron chi connectivity index (χ2n) is 6.08. The van der Waals surface area contributed by atoms with E-state index in [0.717, 1.165) is 27.1 Å². The monoisotopic (exact) mass is 425 g/mol. The number of nitrogens with one attached hydrogen (secondary N) is 2. The normalized spacial score (nSPS) is 11.3. The highest BCUT2D eigenvalue weighted by molar-refractivity contribution is 7.71. The van der Waals surface area contributed by atoms with Crippen molar-refractivity contribution in [1.29, 1.82) is 0 Å². The van der Waals surface area contributed by atoms with Gasteiger partial charge in [0.2, 0.25) is 10.5 Å². The molecule has 0 unspecified atom stereocenters. The zero-order chi connectivity index (χ0) is 19.3. The van der Waals surface area contributed by atoms with Crippen LogP contribution in [0.2, 0.25) is 5.02 Å². The quantitative estimate of drug-likeness (QED) is 0.312. The number of aromatic amines is 2. The van der Waals surface area contributed by atoms with Crippen LogP contribution in [0.25, 0.3) is 44.4 Å². The summed E-state index contributed by atoms with van der Waals surface area (Å²) in [6.07, 6.45) is 0. The molecule has 138 valence electrons. The van der Waals surface area contributed by atoms with E-state index in [1.807, 2.05) is 47.8 Å². The van der Waals surface area contributed by atoms with Crippen molar-refractivity contribution in [2.45, 2.75) is 0 Å². The van der Waals surface area contributed by atoms with Crippen molar-refractivity contribution >= 4 is 51.9 Å². The summed E-state index contributed by atoms with van der Waals surface area (Å²) in [7, 11) is 0. The first-order chi connectivity index (χ1) is 13.6. The summed E-state index contributed by atoms with van der Waals surface area (Å²) < 4.78 is 6.32. The lowest BCUT2D eigenvalue weighted by Crippen LogP contribution is -1.91. The molecule has 5 rings (SSSR count). The van der Waals surface area contributed by atoms with E-state index in [9.17, 15) is 0 Å². The summed E-state index contributed by atoms with van der Waals surface area (Å²) in [5, 5.41) is 9.03. The Morgan fingerprint density at radius 1 is 1.11 bits per heavy atom. The van der Waals surface area contributed by atoms with Gasteiger partial charge in [0.25, 0.3) is 0 Å². The van der Waals surface area contributed by atoms with Gasteiger partial charge >= 0.3 is 0 Å². The number of halogens is 1. The highest BCUT2D eigenvalue weighted by atomic mass is 35.5. The lowest BCUT2D eigenvalue weighted by atomic mass is 10.0. The number of nitrogen functional groups attached to an aromatic ring is 1. The number of H-pyrrole nitrogens is 2. The minimum atomic E-state index is 0.319. The van der Waals surface area contributed by atoms with Gasteiger partial charge in [-0.1, -0.05) is 29.8 Å². The molecule has 6 nitrogen and oxygen atoms in total. The van der Waals surface area contributed by atoms with Crippen LogP contribution in [-0.2, 0) is 0 Å². The summed E-state index contributed by atoms with van der Waals surface area (Å²) in [5.74, 6) is 0.827. The number of benzene rings is 1. The Labute approximate surface area is 173 Å². The predicted molar refractivity (Wildman–Crippen MR) is 115 cm³/mol. The molecule has 0 aliphatic heterocycles. The van der Waals surface area contributed by atoms with Crippen LogP contribution in [0.1, 0.15) is 0 Å². The average Bonchev–Trinajstić information content (AvgIpc) is 3.42. The third-order valence-electron chi connectivity index (χ3n) is 4.34. The van der Waals surface area contributed by atoms with Crippen molar-refractivity contribution in [3.8, 4) is 33.3 Å². The molecule has 0 saturated heterocycles. The van der Waals surface area contributed by atoms with Gasteiger partial charge in [0.05, 0.1) is 21.6 Å². The summed E-state index contributed by atoms with van der Waals surface area (Å²) >= 11 is 12.7. The second kappa shape index (κ2) is 6.59. The van der Waals surface area contributed by atoms with Crippen molar-refractivity contribution in [2.24, 2.45) is 0 Å². The first-order valence-corrected chi connectivity index (χ1v) is 9.94. The van der Waals surface area contributed by atoms with E-state index in [-0.39, 0.29) is 0 Å². The number of hydrogen-bond donors (Lipinski definition) is 3. The van der Waals surface area contributed by atoms with Gasteiger partial charge in [0.1, 0.15) is 0 Å². The molecule has 4 aromatic heterocycles. The van der Waals surface area contributed by atoms with Gasteiger partial charge in [-0.15, -0.1) is 11.3 Å². The molecule has 4 heterocycles. The maximum Gasteiger partial charge on any atom is 0.230 e. The second-order valence-corrected chi connectivity index (χ2v) is 7.85. The Morgan fingerprint density at radius 2 is 1.93 bits per heavy atom. The van der Waals surface area contributed by atoms with Gasteiger partial charge in [0, 0.05) is 5.02 Å². The number of hydrogen-bond acceptors (Lipinski definition) is 6. The highest BCUT2D eigenvalue weighted by Gasteiger charge is 2.22. The Balaban J connectivity index is 1.83.